The third-order valence-electron chi connectivity index (χ3n) is 2.86. The lowest BCUT2D eigenvalue weighted by atomic mass is 10.1. The van der Waals surface area contributed by atoms with Gasteiger partial charge in [-0.3, -0.25) is 9.69 Å². The van der Waals surface area contributed by atoms with Crippen molar-refractivity contribution in [3.63, 3.8) is 0 Å². The van der Waals surface area contributed by atoms with E-state index < -0.39 is 17.5 Å². The van der Waals surface area contributed by atoms with Gasteiger partial charge in [0.1, 0.15) is 12.3 Å². The highest BCUT2D eigenvalue weighted by Gasteiger charge is 2.31. The quantitative estimate of drug-likeness (QED) is 0.888. The second-order valence-electron chi connectivity index (χ2n) is 5.51. The summed E-state index contributed by atoms with van der Waals surface area (Å²) in [5.74, 6) is -0.958. The maximum atomic E-state index is 12.4. The van der Waals surface area contributed by atoms with Crippen LogP contribution in [-0.2, 0) is 4.79 Å². The van der Waals surface area contributed by atoms with E-state index in [1.807, 2.05) is 0 Å². The molecule has 2 N–H and O–H groups in total. The number of amides is 2. The number of rotatable bonds is 3. The molecule has 0 bridgehead atoms. The van der Waals surface area contributed by atoms with Crippen LogP contribution in [-0.4, -0.2) is 46.2 Å². The predicted molar refractivity (Wildman–Crippen MR) is 76.0 cm³/mol. The molecule has 20 heavy (non-hydrogen) atoms. The van der Waals surface area contributed by atoms with Gasteiger partial charge in [-0.15, -0.1) is 0 Å². The van der Waals surface area contributed by atoms with Gasteiger partial charge < -0.3 is 15.1 Å². The van der Waals surface area contributed by atoms with E-state index in [2.05, 4.69) is 0 Å². The van der Waals surface area contributed by atoms with Crippen LogP contribution in [0.2, 0.25) is 0 Å². The Morgan fingerprint density at radius 2 is 1.65 bits per heavy atom. The lowest BCUT2D eigenvalue weighted by Crippen LogP contribution is -2.53. The molecule has 1 rings (SSSR count). The molecule has 0 spiro atoms. The number of benzene rings is 1. The van der Waals surface area contributed by atoms with Crippen molar-refractivity contribution in [1.29, 1.82) is 0 Å². The van der Waals surface area contributed by atoms with Gasteiger partial charge in [0, 0.05) is 18.3 Å². The molecule has 0 heterocycles. The first-order valence-corrected chi connectivity index (χ1v) is 6.19. The number of aromatic hydroxyl groups is 1. The fourth-order valence-corrected chi connectivity index (χ4v) is 1.69. The summed E-state index contributed by atoms with van der Waals surface area (Å²) in [7, 11) is 1.56. The lowest BCUT2D eigenvalue weighted by molar-refractivity contribution is -0.138. The van der Waals surface area contributed by atoms with Crippen LogP contribution in [0, 0.1) is 0 Å². The average molecular weight is 280 g/mol. The molecular formula is C14H20N2O4. The minimum Gasteiger partial charge on any atom is -0.508 e. The zero-order valence-corrected chi connectivity index (χ0v) is 12.1. The Labute approximate surface area is 118 Å². The molecule has 0 unspecified atom stereocenters. The summed E-state index contributed by atoms with van der Waals surface area (Å²) in [6.45, 7) is 4.96. The first-order valence-electron chi connectivity index (χ1n) is 6.19. The van der Waals surface area contributed by atoms with Crippen LogP contribution in [0.4, 0.5) is 10.5 Å². The second-order valence-corrected chi connectivity index (χ2v) is 5.51. The van der Waals surface area contributed by atoms with Crippen LogP contribution in [0.3, 0.4) is 0 Å². The van der Waals surface area contributed by atoms with Gasteiger partial charge in [-0.05, 0) is 45.0 Å². The summed E-state index contributed by atoms with van der Waals surface area (Å²) in [4.78, 5) is 26.0. The maximum Gasteiger partial charge on any atom is 0.325 e. The largest absolute Gasteiger partial charge is 0.508 e. The Bertz CT molecular complexity index is 491. The van der Waals surface area contributed by atoms with E-state index in [0.29, 0.717) is 5.69 Å². The third kappa shape index (κ3) is 3.88. The Balaban J connectivity index is 2.99. The zero-order valence-electron chi connectivity index (χ0n) is 12.1. The molecule has 1 aromatic rings. The van der Waals surface area contributed by atoms with Gasteiger partial charge in [-0.25, -0.2) is 4.79 Å². The average Bonchev–Trinajstić information content (AvgIpc) is 2.33. The van der Waals surface area contributed by atoms with E-state index in [4.69, 9.17) is 5.11 Å². The number of carbonyl (C=O) groups excluding carboxylic acids is 1. The smallest absolute Gasteiger partial charge is 0.325 e. The number of carboxylic acids is 1. The molecule has 6 nitrogen and oxygen atoms in total. The Morgan fingerprint density at radius 3 is 2.05 bits per heavy atom. The molecule has 0 aliphatic heterocycles. The number of aliphatic carboxylic acids is 1. The summed E-state index contributed by atoms with van der Waals surface area (Å²) >= 11 is 0. The number of hydrogen-bond acceptors (Lipinski definition) is 3. The molecule has 0 saturated carbocycles. The molecule has 6 heteroatoms. The van der Waals surface area contributed by atoms with Crippen molar-refractivity contribution < 1.29 is 19.8 Å². The summed E-state index contributed by atoms with van der Waals surface area (Å²) in [6, 6.07) is 5.71. The Kier molecular flexibility index (Phi) is 4.60. The van der Waals surface area contributed by atoms with Gasteiger partial charge >= 0.3 is 12.0 Å². The zero-order chi connectivity index (χ0) is 15.5. The SMILES string of the molecule is CN(C(=O)N(CC(=O)O)C(C)(C)C)c1ccc(O)cc1. The van der Waals surface area contributed by atoms with Crippen LogP contribution in [0.5, 0.6) is 5.75 Å². The highest BCUT2D eigenvalue weighted by molar-refractivity contribution is 5.93. The van der Waals surface area contributed by atoms with Crippen LogP contribution in [0.1, 0.15) is 20.8 Å². The van der Waals surface area contributed by atoms with E-state index >= 15 is 0 Å². The monoisotopic (exact) mass is 280 g/mol. The van der Waals surface area contributed by atoms with Crippen molar-refractivity contribution in [3.05, 3.63) is 24.3 Å². The van der Waals surface area contributed by atoms with E-state index in [1.54, 1.807) is 40.0 Å². The molecule has 2 amide bonds. The van der Waals surface area contributed by atoms with Gasteiger partial charge in [-0.2, -0.15) is 0 Å². The van der Waals surface area contributed by atoms with Crippen LogP contribution < -0.4 is 4.90 Å². The predicted octanol–water partition coefficient (Wildman–Crippen LogP) is 2.13. The van der Waals surface area contributed by atoms with Crippen LogP contribution in [0.15, 0.2) is 24.3 Å². The molecular weight excluding hydrogens is 260 g/mol. The first kappa shape index (κ1) is 15.8. The van der Waals surface area contributed by atoms with Gasteiger partial charge in [0.2, 0.25) is 0 Å². The minimum absolute atomic E-state index is 0.104. The summed E-state index contributed by atoms with van der Waals surface area (Å²) in [6.07, 6.45) is 0. The number of nitrogens with zero attached hydrogens (tertiary/aromatic N) is 2. The van der Waals surface area contributed by atoms with Crippen molar-refractivity contribution in [2.24, 2.45) is 0 Å². The normalized spacial score (nSPS) is 11.0. The minimum atomic E-state index is -1.06. The fourth-order valence-electron chi connectivity index (χ4n) is 1.69. The Hall–Kier alpha value is -2.24. The molecule has 0 atom stereocenters. The first-order chi connectivity index (χ1) is 9.12. The highest BCUT2D eigenvalue weighted by Crippen LogP contribution is 2.21. The number of phenolic OH excluding ortho intramolecular Hbond substituents is 1. The number of carbonyl (C=O) groups is 2. The fraction of sp³-hybridized carbons (Fsp3) is 0.429. The maximum absolute atomic E-state index is 12.4. The molecule has 0 saturated heterocycles. The van der Waals surface area contributed by atoms with Crippen molar-refractivity contribution in [1.82, 2.24) is 4.90 Å². The molecule has 1 aromatic carbocycles. The van der Waals surface area contributed by atoms with Gasteiger partial charge in [0.15, 0.2) is 0 Å². The summed E-state index contributed by atoms with van der Waals surface area (Å²) in [5, 5.41) is 18.2. The van der Waals surface area contributed by atoms with Crippen molar-refractivity contribution in [3.8, 4) is 5.75 Å². The van der Waals surface area contributed by atoms with Gasteiger partial charge in [0.25, 0.3) is 0 Å². The van der Waals surface area contributed by atoms with Crippen molar-refractivity contribution in [2.75, 3.05) is 18.5 Å². The van der Waals surface area contributed by atoms with Crippen molar-refractivity contribution >= 4 is 17.7 Å². The van der Waals surface area contributed by atoms with Gasteiger partial charge in [0.05, 0.1) is 0 Å². The summed E-state index contributed by atoms with van der Waals surface area (Å²) < 4.78 is 0. The second kappa shape index (κ2) is 5.81. The molecule has 0 fully saturated rings. The van der Waals surface area contributed by atoms with E-state index in [-0.39, 0.29) is 12.3 Å². The van der Waals surface area contributed by atoms with Crippen LogP contribution in [0.25, 0.3) is 0 Å². The van der Waals surface area contributed by atoms with E-state index in [9.17, 15) is 14.7 Å². The third-order valence-corrected chi connectivity index (χ3v) is 2.86. The molecule has 0 aliphatic rings. The number of hydrogen-bond donors (Lipinski definition) is 2. The topological polar surface area (TPSA) is 81.1 Å². The number of anilines is 1. The molecule has 0 aromatic heterocycles. The van der Waals surface area contributed by atoms with Crippen molar-refractivity contribution in [2.45, 2.75) is 26.3 Å². The number of urea groups is 1. The Morgan fingerprint density at radius 1 is 1.15 bits per heavy atom. The highest BCUT2D eigenvalue weighted by atomic mass is 16.4. The lowest BCUT2D eigenvalue weighted by Gasteiger charge is -2.37. The molecule has 0 aliphatic carbocycles. The van der Waals surface area contributed by atoms with Crippen LogP contribution >= 0.6 is 0 Å². The number of carboxylic acid groups (broad SMARTS) is 1. The standard InChI is InChI=1S/C14H20N2O4/c1-14(2,3)16(9-12(18)19)13(20)15(4)10-5-7-11(17)8-6-10/h5-8,17H,9H2,1-4H3,(H,18,19). The van der Waals surface area contributed by atoms with E-state index in [1.165, 1.54) is 21.9 Å². The summed E-state index contributed by atoms with van der Waals surface area (Å²) in [5.41, 5.74) is -0.0341. The number of phenols is 1. The van der Waals surface area contributed by atoms with Gasteiger partial charge in [-0.1, -0.05) is 0 Å². The molecule has 110 valence electrons. The van der Waals surface area contributed by atoms with E-state index in [0.717, 1.165) is 0 Å². The molecule has 0 radical (unpaired) electrons.